The van der Waals surface area contributed by atoms with Crippen LogP contribution in [0.25, 0.3) is 0 Å². The Hall–Kier alpha value is -0.770. The number of rotatable bonds is 4. The maximum Gasteiger partial charge on any atom is 0.165 e. The molecule has 0 heterocycles. The highest BCUT2D eigenvalue weighted by atomic mass is 32.1. The maximum atomic E-state index is 13.3. The molecular weight excluding hydrogens is 242 g/mol. The fourth-order valence-electron chi connectivity index (χ4n) is 1.35. The Bertz CT molecular complexity index is 374. The van der Waals surface area contributed by atoms with E-state index in [2.05, 4.69) is 33.4 Å². The van der Waals surface area contributed by atoms with Crippen molar-refractivity contribution in [1.82, 2.24) is 0 Å². The van der Waals surface area contributed by atoms with Gasteiger partial charge in [0.25, 0.3) is 0 Å². The molecule has 96 valence electrons. The van der Waals surface area contributed by atoms with Crippen molar-refractivity contribution in [3.63, 3.8) is 0 Å². The van der Waals surface area contributed by atoms with Gasteiger partial charge in [-0.1, -0.05) is 20.8 Å². The van der Waals surface area contributed by atoms with Crippen molar-refractivity contribution in [3.05, 3.63) is 29.8 Å². The largest absolute Gasteiger partial charge is 0.490 e. The number of hydrogen-bond acceptors (Lipinski definition) is 2. The van der Waals surface area contributed by atoms with Crippen LogP contribution >= 0.6 is 12.6 Å². The smallest absolute Gasteiger partial charge is 0.165 e. The van der Waals surface area contributed by atoms with E-state index in [1.165, 1.54) is 0 Å². The van der Waals surface area contributed by atoms with E-state index in [1.807, 2.05) is 0 Å². The summed E-state index contributed by atoms with van der Waals surface area (Å²) in [5.41, 5.74) is 0.0194. The molecule has 1 aromatic carbocycles. The Morgan fingerprint density at radius 2 is 1.94 bits per heavy atom. The van der Waals surface area contributed by atoms with Gasteiger partial charge in [0.1, 0.15) is 5.82 Å². The zero-order valence-corrected chi connectivity index (χ0v) is 11.2. The summed E-state index contributed by atoms with van der Waals surface area (Å²) in [7, 11) is 0. The van der Waals surface area contributed by atoms with Gasteiger partial charge in [0.2, 0.25) is 0 Å². The topological polar surface area (TPSA) is 9.23 Å². The van der Waals surface area contributed by atoms with E-state index in [-0.39, 0.29) is 17.1 Å². The lowest BCUT2D eigenvalue weighted by Gasteiger charge is -2.29. The second-order valence-corrected chi connectivity index (χ2v) is 5.50. The fraction of sp³-hybridized carbons (Fsp3) is 0.538. The number of hydrogen-bond donors (Lipinski definition) is 1. The zero-order chi connectivity index (χ0) is 13.1. The second kappa shape index (κ2) is 5.71. The van der Waals surface area contributed by atoms with Crippen LogP contribution in [-0.4, -0.2) is 12.4 Å². The number of benzene rings is 1. The standard InChI is InChI=1S/C13H18F2OS/c1-13(2,3)9(8-17)7-16-12-6-10(14)4-5-11(12)15/h4-6,9,17H,7-8H2,1-3H3. The lowest BCUT2D eigenvalue weighted by Crippen LogP contribution is -2.28. The van der Waals surface area contributed by atoms with Crippen molar-refractivity contribution in [2.24, 2.45) is 11.3 Å². The predicted molar refractivity (Wildman–Crippen MR) is 68.7 cm³/mol. The van der Waals surface area contributed by atoms with Gasteiger partial charge in [-0.2, -0.15) is 12.6 Å². The first-order chi connectivity index (χ1) is 7.84. The van der Waals surface area contributed by atoms with Crippen molar-refractivity contribution < 1.29 is 13.5 Å². The van der Waals surface area contributed by atoms with Gasteiger partial charge in [0, 0.05) is 12.0 Å². The molecule has 0 radical (unpaired) electrons. The van der Waals surface area contributed by atoms with Crippen LogP contribution in [-0.2, 0) is 0 Å². The summed E-state index contributed by atoms with van der Waals surface area (Å²) in [6.07, 6.45) is 0. The van der Waals surface area contributed by atoms with Crippen LogP contribution in [0, 0.1) is 23.0 Å². The van der Waals surface area contributed by atoms with Gasteiger partial charge in [-0.15, -0.1) is 0 Å². The Morgan fingerprint density at radius 1 is 1.29 bits per heavy atom. The van der Waals surface area contributed by atoms with E-state index >= 15 is 0 Å². The third-order valence-electron chi connectivity index (χ3n) is 2.78. The van der Waals surface area contributed by atoms with E-state index < -0.39 is 11.6 Å². The molecule has 1 rings (SSSR count). The fourth-order valence-corrected chi connectivity index (χ4v) is 2.01. The van der Waals surface area contributed by atoms with Crippen LogP contribution in [0.3, 0.4) is 0 Å². The van der Waals surface area contributed by atoms with Crippen molar-refractivity contribution in [3.8, 4) is 5.75 Å². The molecule has 0 amide bonds. The Morgan fingerprint density at radius 3 is 2.47 bits per heavy atom. The monoisotopic (exact) mass is 260 g/mol. The molecule has 0 aliphatic rings. The Kier molecular flexibility index (Phi) is 4.80. The number of halogens is 2. The van der Waals surface area contributed by atoms with E-state index in [1.54, 1.807) is 0 Å². The molecule has 0 aliphatic carbocycles. The molecule has 0 N–H and O–H groups in total. The minimum Gasteiger partial charge on any atom is -0.490 e. The van der Waals surface area contributed by atoms with Gasteiger partial charge in [0.05, 0.1) is 6.61 Å². The summed E-state index contributed by atoms with van der Waals surface area (Å²) in [4.78, 5) is 0. The van der Waals surface area contributed by atoms with Crippen molar-refractivity contribution in [2.75, 3.05) is 12.4 Å². The van der Waals surface area contributed by atoms with Gasteiger partial charge in [-0.05, 0) is 23.3 Å². The first-order valence-electron chi connectivity index (χ1n) is 5.53. The maximum absolute atomic E-state index is 13.3. The first-order valence-corrected chi connectivity index (χ1v) is 6.16. The molecule has 0 bridgehead atoms. The van der Waals surface area contributed by atoms with Crippen molar-refractivity contribution in [1.29, 1.82) is 0 Å². The molecule has 4 heteroatoms. The average molecular weight is 260 g/mol. The average Bonchev–Trinajstić information content (AvgIpc) is 2.22. The molecule has 0 saturated heterocycles. The Balaban J connectivity index is 2.69. The molecule has 17 heavy (non-hydrogen) atoms. The molecule has 0 spiro atoms. The summed E-state index contributed by atoms with van der Waals surface area (Å²) in [6.45, 7) is 6.53. The number of thiol groups is 1. The second-order valence-electron chi connectivity index (χ2n) is 5.13. The van der Waals surface area contributed by atoms with E-state index in [0.717, 1.165) is 18.2 Å². The molecule has 1 atom stereocenters. The van der Waals surface area contributed by atoms with E-state index in [0.29, 0.717) is 12.4 Å². The van der Waals surface area contributed by atoms with Crippen LogP contribution in [0.1, 0.15) is 20.8 Å². The van der Waals surface area contributed by atoms with E-state index in [9.17, 15) is 8.78 Å². The van der Waals surface area contributed by atoms with Gasteiger partial charge >= 0.3 is 0 Å². The SMILES string of the molecule is CC(C)(C)C(CS)COc1cc(F)ccc1F. The molecule has 0 fully saturated rings. The van der Waals surface area contributed by atoms with Crippen LogP contribution in [0.5, 0.6) is 5.75 Å². The third kappa shape index (κ3) is 4.19. The highest BCUT2D eigenvalue weighted by molar-refractivity contribution is 7.80. The van der Waals surface area contributed by atoms with Crippen LogP contribution in [0.4, 0.5) is 8.78 Å². The summed E-state index contributed by atoms with van der Waals surface area (Å²) >= 11 is 4.25. The lowest BCUT2D eigenvalue weighted by atomic mass is 9.82. The Labute approximate surface area is 107 Å². The molecule has 1 unspecified atom stereocenters. The van der Waals surface area contributed by atoms with Gasteiger partial charge in [0.15, 0.2) is 11.6 Å². The third-order valence-corrected chi connectivity index (χ3v) is 3.22. The van der Waals surface area contributed by atoms with E-state index in [4.69, 9.17) is 4.74 Å². The number of ether oxygens (including phenoxy) is 1. The normalized spacial score (nSPS) is 13.5. The lowest BCUT2D eigenvalue weighted by molar-refractivity contribution is 0.161. The first kappa shape index (κ1) is 14.3. The van der Waals surface area contributed by atoms with Crippen LogP contribution in [0.15, 0.2) is 18.2 Å². The van der Waals surface area contributed by atoms with Crippen LogP contribution < -0.4 is 4.74 Å². The van der Waals surface area contributed by atoms with Gasteiger partial charge < -0.3 is 4.74 Å². The molecule has 0 aromatic heterocycles. The predicted octanol–water partition coefficient (Wildman–Crippen LogP) is 3.94. The summed E-state index contributed by atoms with van der Waals surface area (Å²) in [5, 5.41) is 0. The zero-order valence-electron chi connectivity index (χ0n) is 10.3. The quantitative estimate of drug-likeness (QED) is 0.807. The summed E-state index contributed by atoms with van der Waals surface area (Å²) < 4.78 is 31.6. The minimum atomic E-state index is -0.543. The van der Waals surface area contributed by atoms with Crippen LogP contribution in [0.2, 0.25) is 0 Å². The molecule has 1 nitrogen and oxygen atoms in total. The van der Waals surface area contributed by atoms with Gasteiger partial charge in [-0.3, -0.25) is 0 Å². The highest BCUT2D eigenvalue weighted by Gasteiger charge is 2.24. The highest BCUT2D eigenvalue weighted by Crippen LogP contribution is 2.28. The van der Waals surface area contributed by atoms with Gasteiger partial charge in [-0.25, -0.2) is 8.78 Å². The summed E-state index contributed by atoms with van der Waals surface area (Å²) in [5.74, 6) is -0.271. The summed E-state index contributed by atoms with van der Waals surface area (Å²) in [6, 6.07) is 3.20. The molecular formula is C13H18F2OS. The minimum absolute atomic E-state index is 0.0194. The van der Waals surface area contributed by atoms with Crippen molar-refractivity contribution in [2.45, 2.75) is 20.8 Å². The van der Waals surface area contributed by atoms with Crippen molar-refractivity contribution >= 4 is 12.6 Å². The molecule has 1 aromatic rings. The molecule has 0 aliphatic heterocycles. The molecule has 0 saturated carbocycles.